The molecule has 1 N–H and O–H groups in total. The van der Waals surface area contributed by atoms with Gasteiger partial charge in [0.2, 0.25) is 0 Å². The Morgan fingerprint density at radius 2 is 1.77 bits per heavy atom. The minimum absolute atomic E-state index is 0.291. The van der Waals surface area contributed by atoms with Crippen LogP contribution in [0.25, 0.3) is 33.7 Å². The number of benzene rings is 1. The number of nitrogens with one attached hydrogen (secondary N) is 1. The van der Waals surface area contributed by atoms with E-state index >= 15 is 0 Å². The van der Waals surface area contributed by atoms with Crippen molar-refractivity contribution in [1.82, 2.24) is 19.9 Å². The van der Waals surface area contributed by atoms with Crippen molar-refractivity contribution in [2.45, 2.75) is 0 Å². The molecular formula is C17H11FN4. The van der Waals surface area contributed by atoms with Crippen LogP contribution < -0.4 is 0 Å². The Kier molecular flexibility index (Phi) is 2.89. The third kappa shape index (κ3) is 2.13. The molecule has 0 saturated carbocycles. The lowest BCUT2D eigenvalue weighted by Crippen LogP contribution is -1.83. The van der Waals surface area contributed by atoms with Gasteiger partial charge < -0.3 is 4.98 Å². The molecule has 5 heteroatoms. The van der Waals surface area contributed by atoms with Gasteiger partial charge >= 0.3 is 0 Å². The largest absolute Gasteiger partial charge is 0.336 e. The molecule has 106 valence electrons. The first-order valence-electron chi connectivity index (χ1n) is 6.82. The molecular weight excluding hydrogens is 279 g/mol. The average Bonchev–Trinajstić information content (AvgIpc) is 3.00. The molecule has 0 fully saturated rings. The zero-order chi connectivity index (χ0) is 14.9. The smallest absolute Gasteiger partial charge is 0.178 e. The zero-order valence-electron chi connectivity index (χ0n) is 11.5. The lowest BCUT2D eigenvalue weighted by Gasteiger charge is -2.01. The predicted octanol–water partition coefficient (Wildman–Crippen LogP) is 3.83. The molecule has 3 heterocycles. The zero-order valence-corrected chi connectivity index (χ0v) is 11.5. The van der Waals surface area contributed by atoms with E-state index in [2.05, 4.69) is 19.9 Å². The van der Waals surface area contributed by atoms with Gasteiger partial charge in [0.1, 0.15) is 11.6 Å². The molecule has 0 aliphatic rings. The Hall–Kier alpha value is -3.08. The van der Waals surface area contributed by atoms with Crippen molar-refractivity contribution in [1.29, 1.82) is 0 Å². The molecule has 4 aromatic rings. The van der Waals surface area contributed by atoms with Gasteiger partial charge in [0.25, 0.3) is 0 Å². The average molecular weight is 290 g/mol. The topological polar surface area (TPSA) is 54.5 Å². The fourth-order valence-corrected chi connectivity index (χ4v) is 2.46. The van der Waals surface area contributed by atoms with Gasteiger partial charge in [-0.2, -0.15) is 0 Å². The van der Waals surface area contributed by atoms with Crippen LogP contribution in [0, 0.1) is 5.82 Å². The van der Waals surface area contributed by atoms with Crippen molar-refractivity contribution < 1.29 is 4.39 Å². The summed E-state index contributed by atoms with van der Waals surface area (Å²) in [6.07, 6.45) is 5.20. The Balaban J connectivity index is 1.92. The molecule has 0 saturated heterocycles. The van der Waals surface area contributed by atoms with Crippen LogP contribution in [0.1, 0.15) is 0 Å². The van der Waals surface area contributed by atoms with Gasteiger partial charge in [-0.25, -0.2) is 14.4 Å². The summed E-state index contributed by atoms with van der Waals surface area (Å²) in [5.74, 6) is 0.309. The number of aromatic amines is 1. The number of fused-ring (bicyclic) bond motifs is 1. The number of hydrogen-bond donors (Lipinski definition) is 1. The van der Waals surface area contributed by atoms with Crippen LogP contribution in [0.3, 0.4) is 0 Å². The summed E-state index contributed by atoms with van der Waals surface area (Å²) >= 11 is 0. The minimum atomic E-state index is -0.291. The Morgan fingerprint density at radius 1 is 0.909 bits per heavy atom. The number of hydrogen-bond acceptors (Lipinski definition) is 3. The van der Waals surface area contributed by atoms with Crippen molar-refractivity contribution in [3.8, 4) is 22.5 Å². The van der Waals surface area contributed by atoms with Crippen LogP contribution in [0.4, 0.5) is 4.39 Å². The van der Waals surface area contributed by atoms with E-state index in [9.17, 15) is 4.39 Å². The molecule has 0 spiro atoms. The summed E-state index contributed by atoms with van der Waals surface area (Å²) in [6.45, 7) is 0. The van der Waals surface area contributed by atoms with E-state index in [-0.39, 0.29) is 5.82 Å². The molecule has 1 aromatic carbocycles. The monoisotopic (exact) mass is 290 g/mol. The Morgan fingerprint density at radius 3 is 2.59 bits per heavy atom. The van der Waals surface area contributed by atoms with E-state index < -0.39 is 0 Å². The molecule has 0 bridgehead atoms. The number of H-pyrrole nitrogens is 1. The molecule has 4 rings (SSSR count). The van der Waals surface area contributed by atoms with Crippen LogP contribution in [-0.2, 0) is 0 Å². The Bertz CT molecular complexity index is 947. The maximum atomic E-state index is 13.4. The molecule has 4 nitrogen and oxygen atoms in total. The van der Waals surface area contributed by atoms with Gasteiger partial charge in [0.15, 0.2) is 5.65 Å². The van der Waals surface area contributed by atoms with E-state index in [1.54, 1.807) is 24.7 Å². The maximum absolute atomic E-state index is 13.4. The van der Waals surface area contributed by atoms with Crippen molar-refractivity contribution in [2.24, 2.45) is 0 Å². The summed E-state index contributed by atoms with van der Waals surface area (Å²) in [6, 6.07) is 12.1. The van der Waals surface area contributed by atoms with E-state index in [4.69, 9.17) is 0 Å². The third-order valence-electron chi connectivity index (χ3n) is 3.48. The van der Waals surface area contributed by atoms with E-state index in [0.29, 0.717) is 17.0 Å². The predicted molar refractivity (Wildman–Crippen MR) is 82.5 cm³/mol. The second kappa shape index (κ2) is 5.04. The van der Waals surface area contributed by atoms with E-state index in [1.165, 1.54) is 12.1 Å². The van der Waals surface area contributed by atoms with Crippen molar-refractivity contribution >= 4 is 11.2 Å². The lowest BCUT2D eigenvalue weighted by molar-refractivity contribution is 0.628. The molecule has 0 unspecified atom stereocenters. The number of halogens is 1. The molecule has 0 atom stereocenters. The second-order valence-corrected chi connectivity index (χ2v) is 4.89. The summed E-state index contributed by atoms with van der Waals surface area (Å²) < 4.78 is 13.4. The molecule has 0 aliphatic heterocycles. The summed E-state index contributed by atoms with van der Waals surface area (Å²) in [7, 11) is 0. The number of rotatable bonds is 2. The fourth-order valence-electron chi connectivity index (χ4n) is 2.46. The quantitative estimate of drug-likeness (QED) is 0.610. The van der Waals surface area contributed by atoms with Gasteiger partial charge in [-0.3, -0.25) is 4.98 Å². The normalized spacial score (nSPS) is 11.0. The first-order chi connectivity index (χ1) is 10.8. The van der Waals surface area contributed by atoms with Crippen molar-refractivity contribution in [3.63, 3.8) is 0 Å². The van der Waals surface area contributed by atoms with Gasteiger partial charge in [0.05, 0.1) is 5.52 Å². The summed E-state index contributed by atoms with van der Waals surface area (Å²) in [4.78, 5) is 16.0. The highest BCUT2D eigenvalue weighted by Crippen LogP contribution is 2.28. The van der Waals surface area contributed by atoms with Gasteiger partial charge in [-0.1, -0.05) is 12.1 Å². The second-order valence-electron chi connectivity index (χ2n) is 4.89. The fraction of sp³-hybridized carbons (Fsp3) is 0. The van der Waals surface area contributed by atoms with Gasteiger partial charge in [-0.15, -0.1) is 0 Å². The van der Waals surface area contributed by atoms with E-state index in [1.807, 2.05) is 24.3 Å². The maximum Gasteiger partial charge on any atom is 0.178 e. The first kappa shape index (κ1) is 12.6. The highest BCUT2D eigenvalue weighted by molar-refractivity contribution is 5.91. The highest BCUT2D eigenvalue weighted by Gasteiger charge is 2.11. The summed E-state index contributed by atoms with van der Waals surface area (Å²) in [5.41, 5.74) is 4.14. The van der Waals surface area contributed by atoms with Gasteiger partial charge in [-0.05, 0) is 35.9 Å². The van der Waals surface area contributed by atoms with Crippen LogP contribution >= 0.6 is 0 Å². The number of aromatic nitrogens is 4. The van der Waals surface area contributed by atoms with Crippen LogP contribution in [0.15, 0.2) is 61.1 Å². The number of imidazole rings is 1. The highest BCUT2D eigenvalue weighted by atomic mass is 19.1. The number of nitrogens with zero attached hydrogens (tertiary/aromatic N) is 3. The third-order valence-corrected chi connectivity index (χ3v) is 3.48. The number of pyridine rings is 2. The molecule has 0 amide bonds. The van der Waals surface area contributed by atoms with Crippen LogP contribution in [0.2, 0.25) is 0 Å². The van der Waals surface area contributed by atoms with E-state index in [0.717, 1.165) is 16.6 Å². The molecule has 0 radical (unpaired) electrons. The molecule has 3 aromatic heterocycles. The lowest BCUT2D eigenvalue weighted by atomic mass is 10.1. The standard InChI is InChI=1S/C17H11FN4/c18-13-3-1-2-12(10-13)16-21-15-14(6-9-20-17(15)22-16)11-4-7-19-8-5-11/h1-10H,(H,20,21,22). The van der Waals surface area contributed by atoms with Crippen LogP contribution in [-0.4, -0.2) is 19.9 Å². The Labute approximate surface area is 125 Å². The minimum Gasteiger partial charge on any atom is -0.336 e. The van der Waals surface area contributed by atoms with Gasteiger partial charge in [0, 0.05) is 29.7 Å². The van der Waals surface area contributed by atoms with Crippen LogP contribution in [0.5, 0.6) is 0 Å². The SMILES string of the molecule is Fc1cccc(-c2nc3nccc(-c4ccncc4)c3[nH]2)c1. The van der Waals surface area contributed by atoms with Crippen molar-refractivity contribution in [2.75, 3.05) is 0 Å². The first-order valence-corrected chi connectivity index (χ1v) is 6.82. The van der Waals surface area contributed by atoms with Crippen molar-refractivity contribution in [3.05, 3.63) is 66.9 Å². The summed E-state index contributed by atoms with van der Waals surface area (Å²) in [5, 5.41) is 0. The molecule has 22 heavy (non-hydrogen) atoms. The molecule has 0 aliphatic carbocycles.